The van der Waals surface area contributed by atoms with E-state index in [0.29, 0.717) is 63.6 Å². The fourth-order valence-electron chi connectivity index (χ4n) is 5.48. The van der Waals surface area contributed by atoms with E-state index in [-0.39, 0.29) is 30.4 Å². The summed E-state index contributed by atoms with van der Waals surface area (Å²) in [5.74, 6) is 1.09. The van der Waals surface area contributed by atoms with E-state index in [1.54, 1.807) is 0 Å². The molecule has 1 aliphatic carbocycles. The Bertz CT molecular complexity index is 1120. The van der Waals surface area contributed by atoms with E-state index in [1.165, 1.54) is 10.5 Å². The molecular weight excluding hydrogens is 460 g/mol. The van der Waals surface area contributed by atoms with Crippen LogP contribution in [-0.2, 0) is 9.59 Å². The van der Waals surface area contributed by atoms with Gasteiger partial charge in [-0.15, -0.1) is 0 Å². The van der Waals surface area contributed by atoms with E-state index in [1.807, 2.05) is 43.0 Å². The number of hydrogen-bond acceptors (Lipinski definition) is 7. The predicted molar refractivity (Wildman–Crippen MR) is 132 cm³/mol. The van der Waals surface area contributed by atoms with Gasteiger partial charge in [0.05, 0.1) is 6.04 Å². The molecule has 1 atom stereocenters. The van der Waals surface area contributed by atoms with Crippen LogP contribution in [-0.4, -0.2) is 80.9 Å². The van der Waals surface area contributed by atoms with Crippen LogP contribution < -0.4 is 5.32 Å². The summed E-state index contributed by atoms with van der Waals surface area (Å²) in [6.07, 6.45) is 4.16. The van der Waals surface area contributed by atoms with Gasteiger partial charge in [0.2, 0.25) is 17.6 Å². The van der Waals surface area contributed by atoms with E-state index in [0.717, 1.165) is 18.4 Å². The molecular formula is C26H34N6O4. The fraction of sp³-hybridized carbons (Fsp3) is 0.577. The van der Waals surface area contributed by atoms with Crippen molar-refractivity contribution in [2.75, 3.05) is 32.7 Å². The first-order valence-corrected chi connectivity index (χ1v) is 12.9. The Kier molecular flexibility index (Phi) is 6.79. The number of imide groups is 1. The zero-order valence-electron chi connectivity index (χ0n) is 21.0. The third kappa shape index (κ3) is 4.74. The van der Waals surface area contributed by atoms with Gasteiger partial charge in [-0.05, 0) is 33.1 Å². The molecule has 192 valence electrons. The van der Waals surface area contributed by atoms with Gasteiger partial charge in [0.25, 0.3) is 5.91 Å². The smallest absolute Gasteiger partial charge is 0.325 e. The van der Waals surface area contributed by atoms with Crippen molar-refractivity contribution < 1.29 is 18.9 Å². The second-order valence-electron chi connectivity index (χ2n) is 10.2. The van der Waals surface area contributed by atoms with Gasteiger partial charge in [0, 0.05) is 44.7 Å². The maximum absolute atomic E-state index is 12.8. The molecule has 10 nitrogen and oxygen atoms in total. The Hall–Kier alpha value is -3.27. The molecule has 5 rings (SSSR count). The van der Waals surface area contributed by atoms with Crippen molar-refractivity contribution in [1.29, 1.82) is 0 Å². The molecule has 36 heavy (non-hydrogen) atoms. The number of rotatable bonds is 7. The summed E-state index contributed by atoms with van der Waals surface area (Å²) in [5, 5.41) is 7.03. The monoisotopic (exact) mass is 494 g/mol. The van der Waals surface area contributed by atoms with Crippen LogP contribution in [0, 0.1) is 6.92 Å². The minimum Gasteiger partial charge on any atom is -0.340 e. The van der Waals surface area contributed by atoms with Crippen LogP contribution in [0.25, 0.3) is 11.4 Å². The number of nitrogens with zero attached hydrogens (tertiary/aromatic N) is 5. The molecule has 1 aromatic carbocycles. The highest BCUT2D eigenvalue weighted by molar-refractivity contribution is 6.07. The number of carbonyl (C=O) groups is 3. The van der Waals surface area contributed by atoms with Crippen LogP contribution in [0.15, 0.2) is 28.8 Å². The normalized spacial score (nSPS) is 20.8. The van der Waals surface area contributed by atoms with Gasteiger partial charge in [-0.3, -0.25) is 19.4 Å². The Morgan fingerprint density at radius 3 is 2.50 bits per heavy atom. The SMILES string of the molecule is Cc1ccc(-c2noc([C@@H](C)N3CCN(C(=O)CCCN4C(=O)NC5(CCCC5)C4=O)CC3)n2)cc1. The van der Waals surface area contributed by atoms with E-state index >= 15 is 0 Å². The highest BCUT2D eigenvalue weighted by atomic mass is 16.5. The molecule has 2 aromatic rings. The average Bonchev–Trinajstić information content (AvgIpc) is 3.61. The van der Waals surface area contributed by atoms with Gasteiger partial charge < -0.3 is 14.7 Å². The number of aryl methyl sites for hydroxylation is 1. The van der Waals surface area contributed by atoms with E-state index in [9.17, 15) is 14.4 Å². The Morgan fingerprint density at radius 1 is 1.11 bits per heavy atom. The predicted octanol–water partition coefficient (Wildman–Crippen LogP) is 2.90. The number of benzene rings is 1. The van der Waals surface area contributed by atoms with Crippen molar-refractivity contribution in [2.45, 2.75) is 64.0 Å². The molecule has 2 saturated heterocycles. The lowest BCUT2D eigenvalue weighted by molar-refractivity contribution is -0.134. The average molecular weight is 495 g/mol. The molecule has 0 bridgehead atoms. The van der Waals surface area contributed by atoms with Gasteiger partial charge in [-0.2, -0.15) is 4.98 Å². The lowest BCUT2D eigenvalue weighted by Crippen LogP contribution is -2.49. The largest absolute Gasteiger partial charge is 0.340 e. The maximum atomic E-state index is 12.8. The summed E-state index contributed by atoms with van der Waals surface area (Å²) >= 11 is 0. The molecule has 1 spiro atoms. The Labute approximate surface area is 211 Å². The molecule has 1 N–H and O–H groups in total. The first-order valence-electron chi connectivity index (χ1n) is 12.9. The number of piperazine rings is 1. The van der Waals surface area contributed by atoms with Crippen molar-refractivity contribution >= 4 is 17.8 Å². The summed E-state index contributed by atoms with van der Waals surface area (Å²) in [5.41, 5.74) is 1.41. The van der Waals surface area contributed by atoms with Crippen molar-refractivity contribution in [1.82, 2.24) is 30.2 Å². The molecule has 0 unspecified atom stereocenters. The second kappa shape index (κ2) is 10.0. The number of amides is 4. The standard InChI is InChI=1S/C26H34N6O4/c1-18-7-9-20(10-8-18)22-27-23(36-29-22)19(2)30-14-16-31(17-15-30)21(33)6-5-13-32-24(34)26(28-25(32)35)11-3-4-12-26/h7-10,19H,3-6,11-17H2,1-2H3,(H,28,35)/t19-/m1/s1. The van der Waals surface area contributed by atoms with Crippen LogP contribution in [0.5, 0.6) is 0 Å². The molecule has 0 radical (unpaired) electrons. The summed E-state index contributed by atoms with van der Waals surface area (Å²) in [6.45, 7) is 7.03. The molecule has 3 heterocycles. The first-order chi connectivity index (χ1) is 17.4. The summed E-state index contributed by atoms with van der Waals surface area (Å²) in [6, 6.07) is 7.65. The van der Waals surface area contributed by atoms with Gasteiger partial charge in [0.15, 0.2) is 0 Å². The number of hydrogen-bond donors (Lipinski definition) is 1. The number of urea groups is 1. The molecule has 4 amide bonds. The molecule has 1 saturated carbocycles. The number of nitrogens with one attached hydrogen (secondary N) is 1. The highest BCUT2D eigenvalue weighted by Gasteiger charge is 2.52. The van der Waals surface area contributed by atoms with Crippen LogP contribution >= 0.6 is 0 Å². The minimum atomic E-state index is -0.687. The quantitative estimate of drug-likeness (QED) is 0.589. The molecule has 2 aliphatic heterocycles. The second-order valence-corrected chi connectivity index (χ2v) is 10.2. The van der Waals surface area contributed by atoms with Crippen LogP contribution in [0.3, 0.4) is 0 Å². The van der Waals surface area contributed by atoms with Crippen molar-refractivity contribution in [3.8, 4) is 11.4 Å². The molecule has 3 fully saturated rings. The summed E-state index contributed by atoms with van der Waals surface area (Å²) in [4.78, 5) is 47.8. The van der Waals surface area contributed by atoms with Crippen molar-refractivity contribution in [2.24, 2.45) is 0 Å². The van der Waals surface area contributed by atoms with E-state index < -0.39 is 5.54 Å². The van der Waals surface area contributed by atoms with E-state index in [2.05, 4.69) is 20.4 Å². The zero-order valence-corrected chi connectivity index (χ0v) is 21.0. The van der Waals surface area contributed by atoms with Crippen LogP contribution in [0.4, 0.5) is 4.79 Å². The Morgan fingerprint density at radius 2 is 1.81 bits per heavy atom. The zero-order chi connectivity index (χ0) is 25.3. The van der Waals surface area contributed by atoms with Gasteiger partial charge >= 0.3 is 6.03 Å². The fourth-order valence-corrected chi connectivity index (χ4v) is 5.48. The minimum absolute atomic E-state index is 0.0449. The molecule has 3 aliphatic rings. The van der Waals surface area contributed by atoms with Gasteiger partial charge in [-0.25, -0.2) is 4.79 Å². The lowest BCUT2D eigenvalue weighted by atomic mass is 9.98. The molecule has 1 aromatic heterocycles. The Balaban J connectivity index is 1.08. The third-order valence-electron chi connectivity index (χ3n) is 7.80. The van der Waals surface area contributed by atoms with Gasteiger partial charge in [0.1, 0.15) is 5.54 Å². The third-order valence-corrected chi connectivity index (χ3v) is 7.80. The highest BCUT2D eigenvalue weighted by Crippen LogP contribution is 2.35. The maximum Gasteiger partial charge on any atom is 0.325 e. The number of aromatic nitrogens is 2. The topological polar surface area (TPSA) is 112 Å². The van der Waals surface area contributed by atoms with Crippen molar-refractivity contribution in [3.63, 3.8) is 0 Å². The van der Waals surface area contributed by atoms with Gasteiger partial charge in [-0.1, -0.05) is 47.8 Å². The summed E-state index contributed by atoms with van der Waals surface area (Å²) < 4.78 is 5.54. The number of carbonyl (C=O) groups excluding carboxylic acids is 3. The van der Waals surface area contributed by atoms with Crippen molar-refractivity contribution in [3.05, 3.63) is 35.7 Å². The van der Waals surface area contributed by atoms with Crippen LogP contribution in [0.1, 0.15) is 62.9 Å². The van der Waals surface area contributed by atoms with E-state index in [4.69, 9.17) is 4.52 Å². The van der Waals surface area contributed by atoms with Crippen LogP contribution in [0.2, 0.25) is 0 Å². The first kappa shape index (κ1) is 24.4. The molecule has 10 heteroatoms. The summed E-state index contributed by atoms with van der Waals surface area (Å²) in [7, 11) is 0. The lowest BCUT2D eigenvalue weighted by Gasteiger charge is -2.36.